The van der Waals surface area contributed by atoms with Crippen molar-refractivity contribution in [2.45, 2.75) is 29.7 Å². The van der Waals surface area contributed by atoms with Gasteiger partial charge in [0, 0.05) is 18.8 Å². The Balaban J connectivity index is 1.63. The molecule has 0 saturated carbocycles. The SMILES string of the molecule is O=C(Nc1ccc(OC(F)(F)F)cc1)C1(O)CCN(S(=O)(=O)c2ccccc2Cl)CC1. The fourth-order valence-corrected chi connectivity index (χ4v) is 5.04. The van der Waals surface area contributed by atoms with Gasteiger partial charge in [-0.15, -0.1) is 13.2 Å². The van der Waals surface area contributed by atoms with E-state index in [1.165, 1.54) is 30.3 Å². The molecule has 2 aromatic carbocycles. The molecule has 0 bridgehead atoms. The van der Waals surface area contributed by atoms with Crippen LogP contribution in [-0.4, -0.2) is 48.8 Å². The zero-order valence-corrected chi connectivity index (χ0v) is 17.5. The molecule has 168 valence electrons. The van der Waals surface area contributed by atoms with Crippen LogP contribution in [-0.2, 0) is 14.8 Å². The number of halogens is 4. The van der Waals surface area contributed by atoms with Gasteiger partial charge in [-0.2, -0.15) is 4.31 Å². The fraction of sp³-hybridized carbons (Fsp3) is 0.316. The Bertz CT molecular complexity index is 1050. The third-order valence-electron chi connectivity index (χ3n) is 4.77. The Morgan fingerprint density at radius 3 is 2.23 bits per heavy atom. The minimum absolute atomic E-state index is 0.0623. The van der Waals surface area contributed by atoms with Gasteiger partial charge in [-0.1, -0.05) is 23.7 Å². The van der Waals surface area contributed by atoms with E-state index in [4.69, 9.17) is 11.6 Å². The van der Waals surface area contributed by atoms with Crippen molar-refractivity contribution in [2.24, 2.45) is 0 Å². The van der Waals surface area contributed by atoms with Crippen LogP contribution in [0.4, 0.5) is 18.9 Å². The second kappa shape index (κ2) is 8.65. The zero-order chi connectivity index (χ0) is 22.9. The number of nitrogens with one attached hydrogen (secondary N) is 1. The van der Waals surface area contributed by atoms with Crippen LogP contribution >= 0.6 is 11.6 Å². The number of hydrogen-bond donors (Lipinski definition) is 2. The highest BCUT2D eigenvalue weighted by Crippen LogP contribution is 2.31. The monoisotopic (exact) mass is 478 g/mol. The van der Waals surface area contributed by atoms with Gasteiger partial charge in [0.1, 0.15) is 16.2 Å². The largest absolute Gasteiger partial charge is 0.573 e. The highest BCUT2D eigenvalue weighted by molar-refractivity contribution is 7.89. The molecular weight excluding hydrogens is 461 g/mol. The van der Waals surface area contributed by atoms with Crippen molar-refractivity contribution in [1.82, 2.24) is 4.31 Å². The van der Waals surface area contributed by atoms with Crippen molar-refractivity contribution in [1.29, 1.82) is 0 Å². The van der Waals surface area contributed by atoms with E-state index in [0.717, 1.165) is 16.4 Å². The zero-order valence-electron chi connectivity index (χ0n) is 15.9. The maximum absolute atomic E-state index is 12.8. The van der Waals surface area contributed by atoms with Crippen LogP contribution in [0, 0.1) is 0 Å². The number of piperidine rings is 1. The maximum Gasteiger partial charge on any atom is 0.573 e. The van der Waals surface area contributed by atoms with Crippen LogP contribution in [0.2, 0.25) is 5.02 Å². The molecule has 1 amide bonds. The molecule has 7 nitrogen and oxygen atoms in total. The van der Waals surface area contributed by atoms with Crippen LogP contribution in [0.15, 0.2) is 53.4 Å². The molecule has 1 aliphatic rings. The first-order chi connectivity index (χ1) is 14.4. The van der Waals surface area contributed by atoms with Crippen LogP contribution in [0.5, 0.6) is 5.75 Å². The van der Waals surface area contributed by atoms with Crippen LogP contribution in [0.3, 0.4) is 0 Å². The smallest absolute Gasteiger partial charge is 0.406 e. The summed E-state index contributed by atoms with van der Waals surface area (Å²) in [5.74, 6) is -1.24. The summed E-state index contributed by atoms with van der Waals surface area (Å²) < 4.78 is 67.1. The van der Waals surface area contributed by atoms with Gasteiger partial charge >= 0.3 is 6.36 Å². The molecule has 12 heteroatoms. The van der Waals surface area contributed by atoms with E-state index in [-0.39, 0.29) is 41.5 Å². The number of aliphatic hydroxyl groups is 1. The van der Waals surface area contributed by atoms with Crippen LogP contribution in [0.25, 0.3) is 0 Å². The molecule has 0 radical (unpaired) electrons. The molecule has 0 aliphatic carbocycles. The Hall–Kier alpha value is -2.34. The third kappa shape index (κ3) is 5.48. The van der Waals surface area contributed by atoms with Crippen LogP contribution in [0.1, 0.15) is 12.8 Å². The quantitative estimate of drug-likeness (QED) is 0.686. The summed E-state index contributed by atoms with van der Waals surface area (Å²) in [5, 5.41) is 13.2. The molecule has 3 rings (SSSR count). The topological polar surface area (TPSA) is 95.9 Å². The lowest BCUT2D eigenvalue weighted by molar-refractivity contribution is -0.274. The molecule has 0 unspecified atom stereocenters. The number of nitrogens with zero attached hydrogens (tertiary/aromatic N) is 1. The molecule has 0 aromatic heterocycles. The summed E-state index contributed by atoms with van der Waals surface area (Å²) in [7, 11) is -3.89. The van der Waals surface area contributed by atoms with Gasteiger partial charge in [-0.3, -0.25) is 4.79 Å². The van der Waals surface area contributed by atoms with Crippen molar-refractivity contribution < 1.29 is 36.2 Å². The minimum Gasteiger partial charge on any atom is -0.406 e. The number of ether oxygens (including phenoxy) is 1. The Morgan fingerprint density at radius 1 is 1.10 bits per heavy atom. The molecule has 31 heavy (non-hydrogen) atoms. The van der Waals surface area contributed by atoms with E-state index >= 15 is 0 Å². The highest BCUT2D eigenvalue weighted by Gasteiger charge is 2.42. The van der Waals surface area contributed by atoms with E-state index in [1.54, 1.807) is 6.07 Å². The summed E-state index contributed by atoms with van der Waals surface area (Å²) in [6, 6.07) is 10.4. The standard InChI is InChI=1S/C19H18ClF3N2O5S/c20-15-3-1-2-4-16(15)31(28,29)25-11-9-18(27,10-12-25)17(26)24-13-5-7-14(8-6-13)30-19(21,22)23/h1-8,27H,9-12H2,(H,24,26). The van der Waals surface area contributed by atoms with Gasteiger partial charge in [-0.25, -0.2) is 8.42 Å². The van der Waals surface area contributed by atoms with E-state index < -0.39 is 33.6 Å². The second-order valence-corrected chi connectivity index (χ2v) is 9.21. The van der Waals surface area contributed by atoms with Crippen molar-refractivity contribution in [2.75, 3.05) is 18.4 Å². The first kappa shape index (κ1) is 23.3. The molecule has 1 fully saturated rings. The molecule has 0 atom stereocenters. The van der Waals surface area contributed by atoms with Crippen molar-refractivity contribution >= 4 is 33.2 Å². The van der Waals surface area contributed by atoms with Gasteiger partial charge in [0.2, 0.25) is 10.0 Å². The van der Waals surface area contributed by atoms with Gasteiger partial charge in [0.15, 0.2) is 0 Å². The number of hydrogen-bond acceptors (Lipinski definition) is 5. The van der Waals surface area contributed by atoms with Gasteiger partial charge in [-0.05, 0) is 49.2 Å². The lowest BCUT2D eigenvalue weighted by Crippen LogP contribution is -2.52. The van der Waals surface area contributed by atoms with E-state index in [1.807, 2.05) is 0 Å². The number of amides is 1. The lowest BCUT2D eigenvalue weighted by Gasteiger charge is -2.36. The number of sulfonamides is 1. The van der Waals surface area contributed by atoms with Crippen LogP contribution < -0.4 is 10.1 Å². The third-order valence-corrected chi connectivity index (χ3v) is 7.17. The first-order valence-corrected chi connectivity index (χ1v) is 10.9. The highest BCUT2D eigenvalue weighted by atomic mass is 35.5. The predicted molar refractivity (Wildman–Crippen MR) is 106 cm³/mol. The Kier molecular flexibility index (Phi) is 6.51. The molecule has 2 aromatic rings. The predicted octanol–water partition coefficient (Wildman–Crippen LogP) is 3.39. The van der Waals surface area contributed by atoms with Crippen molar-refractivity contribution in [3.8, 4) is 5.75 Å². The van der Waals surface area contributed by atoms with E-state index in [2.05, 4.69) is 10.1 Å². The Labute approximate surface area is 181 Å². The number of anilines is 1. The van der Waals surface area contributed by atoms with Crippen molar-refractivity contribution in [3.05, 3.63) is 53.6 Å². The van der Waals surface area contributed by atoms with Gasteiger partial charge in [0.05, 0.1) is 5.02 Å². The minimum atomic E-state index is -4.84. The molecule has 1 aliphatic heterocycles. The molecular formula is C19H18ClF3N2O5S. The summed E-state index contributed by atoms with van der Waals surface area (Å²) in [6.45, 7) is -0.230. The number of benzene rings is 2. The van der Waals surface area contributed by atoms with Crippen molar-refractivity contribution in [3.63, 3.8) is 0 Å². The molecule has 0 spiro atoms. The van der Waals surface area contributed by atoms with E-state index in [0.29, 0.717) is 0 Å². The van der Waals surface area contributed by atoms with Gasteiger partial charge in [0.25, 0.3) is 5.91 Å². The van der Waals surface area contributed by atoms with Gasteiger partial charge < -0.3 is 15.2 Å². The normalized spacial score (nSPS) is 17.2. The summed E-state index contributed by atoms with van der Waals surface area (Å²) in [5.41, 5.74) is -1.69. The summed E-state index contributed by atoms with van der Waals surface area (Å²) in [4.78, 5) is 12.5. The fourth-order valence-electron chi connectivity index (χ4n) is 3.10. The number of alkyl halides is 3. The number of carbonyl (C=O) groups excluding carboxylic acids is 1. The number of carbonyl (C=O) groups is 1. The molecule has 1 heterocycles. The van der Waals surface area contributed by atoms with E-state index in [9.17, 15) is 31.5 Å². The average Bonchev–Trinajstić information content (AvgIpc) is 2.69. The molecule has 1 saturated heterocycles. The average molecular weight is 479 g/mol. The lowest BCUT2D eigenvalue weighted by atomic mass is 9.91. The maximum atomic E-state index is 12.8. The summed E-state index contributed by atoms with van der Waals surface area (Å²) in [6.07, 6.45) is -5.17. The first-order valence-electron chi connectivity index (χ1n) is 9.05. The summed E-state index contributed by atoms with van der Waals surface area (Å²) >= 11 is 5.98. The Morgan fingerprint density at radius 2 is 1.68 bits per heavy atom. The number of rotatable bonds is 5. The molecule has 2 N–H and O–H groups in total. The second-order valence-electron chi connectivity index (χ2n) is 6.89.